The predicted molar refractivity (Wildman–Crippen MR) is 78.5 cm³/mol. The molecule has 19 heavy (non-hydrogen) atoms. The van der Waals surface area contributed by atoms with Crippen LogP contribution in [0.1, 0.15) is 25.0 Å². The molecule has 0 aliphatic carbocycles. The average Bonchev–Trinajstić information content (AvgIpc) is 2.40. The third kappa shape index (κ3) is 2.50. The fourth-order valence-corrected chi connectivity index (χ4v) is 1.91. The van der Waals surface area contributed by atoms with Crippen molar-refractivity contribution in [3.63, 3.8) is 0 Å². The molecule has 0 aliphatic heterocycles. The molecule has 0 unspecified atom stereocenters. The molecular weight excluding hydrogens is 240 g/mol. The second-order valence-electron chi connectivity index (χ2n) is 4.22. The Kier molecular flexibility index (Phi) is 3.94. The van der Waals surface area contributed by atoms with Crippen LogP contribution in [0.4, 0.5) is 5.82 Å². The maximum Gasteiger partial charge on any atom is 0.268 e. The van der Waals surface area contributed by atoms with Gasteiger partial charge in [-0.2, -0.15) is 0 Å². The van der Waals surface area contributed by atoms with Gasteiger partial charge in [-0.3, -0.25) is 14.2 Å². The van der Waals surface area contributed by atoms with Crippen LogP contribution in [0.2, 0.25) is 0 Å². The summed E-state index contributed by atoms with van der Waals surface area (Å²) < 4.78 is 1.56. The smallest absolute Gasteiger partial charge is 0.268 e. The van der Waals surface area contributed by atoms with Crippen molar-refractivity contribution in [2.45, 2.75) is 20.8 Å². The number of fused-ring (bicyclic) bond motifs is 1. The lowest BCUT2D eigenvalue weighted by atomic mass is 10.2. The van der Waals surface area contributed by atoms with Crippen molar-refractivity contribution in [1.29, 1.82) is 0 Å². The normalized spacial score (nSPS) is 11.3. The van der Waals surface area contributed by atoms with Crippen LogP contribution in [-0.4, -0.2) is 28.7 Å². The molecule has 0 bridgehead atoms. The molecule has 5 heteroatoms. The third-order valence-electron chi connectivity index (χ3n) is 2.83. The summed E-state index contributed by atoms with van der Waals surface area (Å²) in [5.74, 6) is 0.596. The summed E-state index contributed by atoms with van der Waals surface area (Å²) in [6.07, 6.45) is 3.33. The predicted octanol–water partition coefficient (Wildman–Crippen LogP) is 1.87. The molecule has 2 aromatic rings. The number of pyridine rings is 1. The zero-order valence-corrected chi connectivity index (χ0v) is 11.5. The van der Waals surface area contributed by atoms with E-state index in [1.807, 2.05) is 32.9 Å². The Morgan fingerprint density at radius 2 is 2.26 bits per heavy atom. The van der Waals surface area contributed by atoms with Crippen LogP contribution in [0.25, 0.3) is 5.65 Å². The minimum Gasteiger partial charge on any atom is -0.370 e. The fourth-order valence-electron chi connectivity index (χ4n) is 1.91. The summed E-state index contributed by atoms with van der Waals surface area (Å²) in [6.45, 7) is 7.20. The van der Waals surface area contributed by atoms with Gasteiger partial charge in [0.1, 0.15) is 17.0 Å². The number of aryl methyl sites for hydroxylation is 1. The molecule has 0 amide bonds. The molecule has 0 spiro atoms. The van der Waals surface area contributed by atoms with Crippen molar-refractivity contribution < 1.29 is 0 Å². The molecule has 1 N–H and O–H groups in total. The van der Waals surface area contributed by atoms with Gasteiger partial charge in [-0.05, 0) is 32.4 Å². The molecule has 0 radical (unpaired) electrons. The number of hydrogen-bond donors (Lipinski definition) is 1. The van der Waals surface area contributed by atoms with Crippen molar-refractivity contribution in [2.75, 3.05) is 18.4 Å². The molecule has 0 saturated heterocycles. The summed E-state index contributed by atoms with van der Waals surface area (Å²) in [4.78, 5) is 21.2. The van der Waals surface area contributed by atoms with Crippen LogP contribution in [0.5, 0.6) is 0 Å². The summed E-state index contributed by atoms with van der Waals surface area (Å²) in [5.41, 5.74) is 2.06. The SMILES string of the molecule is CCN=Cc1c(NCC)nc2c(C)cccn2c1=O. The van der Waals surface area contributed by atoms with Crippen LogP contribution in [-0.2, 0) is 0 Å². The van der Waals surface area contributed by atoms with Crippen LogP contribution in [0, 0.1) is 6.92 Å². The lowest BCUT2D eigenvalue weighted by Crippen LogP contribution is -2.23. The molecule has 0 atom stereocenters. The average molecular weight is 258 g/mol. The molecule has 0 aromatic carbocycles. The number of aromatic nitrogens is 2. The van der Waals surface area contributed by atoms with Crippen molar-refractivity contribution >= 4 is 17.7 Å². The summed E-state index contributed by atoms with van der Waals surface area (Å²) in [7, 11) is 0. The molecule has 0 saturated carbocycles. The fraction of sp³-hybridized carbons (Fsp3) is 0.357. The second kappa shape index (κ2) is 5.65. The van der Waals surface area contributed by atoms with Crippen LogP contribution < -0.4 is 10.9 Å². The molecule has 2 rings (SSSR count). The lowest BCUT2D eigenvalue weighted by Gasteiger charge is -2.10. The van der Waals surface area contributed by atoms with E-state index in [1.165, 1.54) is 0 Å². The van der Waals surface area contributed by atoms with E-state index >= 15 is 0 Å². The Hall–Kier alpha value is -2.17. The number of hydrogen-bond acceptors (Lipinski definition) is 4. The number of anilines is 1. The van der Waals surface area contributed by atoms with Crippen molar-refractivity contribution in [2.24, 2.45) is 4.99 Å². The first-order valence-electron chi connectivity index (χ1n) is 6.44. The van der Waals surface area contributed by atoms with E-state index in [0.717, 1.165) is 5.56 Å². The van der Waals surface area contributed by atoms with E-state index in [9.17, 15) is 4.79 Å². The van der Waals surface area contributed by atoms with E-state index < -0.39 is 0 Å². The van der Waals surface area contributed by atoms with Crippen molar-refractivity contribution in [3.05, 3.63) is 39.8 Å². The summed E-state index contributed by atoms with van der Waals surface area (Å²) in [5, 5.41) is 3.13. The van der Waals surface area contributed by atoms with Gasteiger partial charge in [-0.25, -0.2) is 4.98 Å². The topological polar surface area (TPSA) is 58.8 Å². The van der Waals surface area contributed by atoms with Gasteiger partial charge in [0.05, 0.1) is 0 Å². The number of aliphatic imine (C=N–C) groups is 1. The van der Waals surface area contributed by atoms with Crippen LogP contribution in [0.15, 0.2) is 28.1 Å². The van der Waals surface area contributed by atoms with E-state index in [1.54, 1.807) is 16.8 Å². The highest BCUT2D eigenvalue weighted by molar-refractivity contribution is 5.86. The Balaban J connectivity index is 2.78. The first-order chi connectivity index (χ1) is 9.19. The van der Waals surface area contributed by atoms with Gasteiger partial charge in [0.2, 0.25) is 0 Å². The van der Waals surface area contributed by atoms with Crippen molar-refractivity contribution in [3.8, 4) is 0 Å². The minimum absolute atomic E-state index is 0.0955. The summed E-state index contributed by atoms with van der Waals surface area (Å²) >= 11 is 0. The largest absolute Gasteiger partial charge is 0.370 e. The Bertz CT molecular complexity index is 673. The molecule has 2 aromatic heterocycles. The standard InChI is InChI=1S/C14H18N4O/c1-4-15-9-11-12(16-5-2)17-13-10(3)7-6-8-18(13)14(11)19/h6-9,16H,4-5H2,1-3H3. The zero-order valence-electron chi connectivity index (χ0n) is 11.5. The quantitative estimate of drug-likeness (QED) is 0.852. The first-order valence-corrected chi connectivity index (χ1v) is 6.44. The molecule has 0 aliphatic rings. The van der Waals surface area contributed by atoms with E-state index in [4.69, 9.17) is 0 Å². The molecule has 100 valence electrons. The zero-order chi connectivity index (χ0) is 13.8. The lowest BCUT2D eigenvalue weighted by molar-refractivity contribution is 1.01. The first kappa shape index (κ1) is 13.3. The molecule has 2 heterocycles. The van der Waals surface area contributed by atoms with Crippen LogP contribution in [0.3, 0.4) is 0 Å². The summed E-state index contributed by atoms with van der Waals surface area (Å²) in [6, 6.07) is 3.79. The highest BCUT2D eigenvalue weighted by Gasteiger charge is 2.11. The van der Waals surface area contributed by atoms with E-state index in [0.29, 0.717) is 30.1 Å². The van der Waals surface area contributed by atoms with Gasteiger partial charge in [-0.15, -0.1) is 0 Å². The molecular formula is C14H18N4O. The van der Waals surface area contributed by atoms with Gasteiger partial charge < -0.3 is 5.32 Å². The number of nitrogens with one attached hydrogen (secondary N) is 1. The van der Waals surface area contributed by atoms with Crippen LogP contribution >= 0.6 is 0 Å². The van der Waals surface area contributed by atoms with Gasteiger partial charge in [0, 0.05) is 25.5 Å². The van der Waals surface area contributed by atoms with E-state index in [2.05, 4.69) is 15.3 Å². The maximum atomic E-state index is 12.5. The van der Waals surface area contributed by atoms with Crippen molar-refractivity contribution in [1.82, 2.24) is 9.38 Å². The Labute approximate surface area is 112 Å². The second-order valence-corrected chi connectivity index (χ2v) is 4.22. The third-order valence-corrected chi connectivity index (χ3v) is 2.83. The maximum absolute atomic E-state index is 12.5. The highest BCUT2D eigenvalue weighted by Crippen LogP contribution is 2.11. The van der Waals surface area contributed by atoms with Gasteiger partial charge in [0.25, 0.3) is 5.56 Å². The molecule has 5 nitrogen and oxygen atoms in total. The Morgan fingerprint density at radius 1 is 1.47 bits per heavy atom. The highest BCUT2D eigenvalue weighted by atomic mass is 16.1. The number of rotatable bonds is 4. The molecule has 0 fully saturated rings. The van der Waals surface area contributed by atoms with Gasteiger partial charge in [-0.1, -0.05) is 6.07 Å². The Morgan fingerprint density at radius 3 is 2.95 bits per heavy atom. The number of nitrogens with zero attached hydrogens (tertiary/aromatic N) is 3. The van der Waals surface area contributed by atoms with Gasteiger partial charge >= 0.3 is 0 Å². The van der Waals surface area contributed by atoms with E-state index in [-0.39, 0.29) is 5.56 Å². The minimum atomic E-state index is -0.0955. The monoisotopic (exact) mass is 258 g/mol. The van der Waals surface area contributed by atoms with Gasteiger partial charge in [0.15, 0.2) is 0 Å².